The normalized spacial score (nSPS) is 21.3. The van der Waals surface area contributed by atoms with Crippen LogP contribution in [-0.2, 0) is 5.54 Å². The molecule has 1 aliphatic heterocycles. The number of halogens is 1. The van der Waals surface area contributed by atoms with Gasteiger partial charge in [0.05, 0.1) is 11.1 Å². The molecule has 0 bridgehead atoms. The number of carbonyl (C=O) groups excluding carboxylic acids is 1. The third-order valence-electron chi connectivity index (χ3n) is 3.84. The molecule has 0 saturated carbocycles. The molecule has 0 saturated heterocycles. The summed E-state index contributed by atoms with van der Waals surface area (Å²) in [7, 11) is 0. The maximum absolute atomic E-state index is 14.0. The van der Waals surface area contributed by atoms with Crippen LogP contribution in [0.2, 0.25) is 0 Å². The van der Waals surface area contributed by atoms with Crippen molar-refractivity contribution in [3.63, 3.8) is 0 Å². The zero-order chi connectivity index (χ0) is 16.2. The first-order valence-electron chi connectivity index (χ1n) is 7.52. The summed E-state index contributed by atoms with van der Waals surface area (Å²) >= 11 is 1.52. The molecule has 0 aromatic heterocycles. The van der Waals surface area contributed by atoms with Crippen LogP contribution in [0.3, 0.4) is 0 Å². The molecule has 1 aromatic carbocycles. The Morgan fingerprint density at radius 1 is 1.55 bits per heavy atom. The second-order valence-corrected chi connectivity index (χ2v) is 6.74. The van der Waals surface area contributed by atoms with Crippen molar-refractivity contribution in [2.45, 2.75) is 38.6 Å². The predicted octanol–water partition coefficient (Wildman–Crippen LogP) is 3.02. The number of thioether (sulfide) groups is 1. The molecule has 1 atom stereocenters. The Kier molecular flexibility index (Phi) is 5.45. The number of nitrogens with one attached hydrogen (secondary N) is 1. The maximum atomic E-state index is 14.0. The third-order valence-corrected chi connectivity index (χ3v) is 4.64. The quantitative estimate of drug-likeness (QED) is 0.819. The highest BCUT2D eigenvalue weighted by molar-refractivity contribution is 8.13. The van der Waals surface area contributed by atoms with E-state index in [-0.39, 0.29) is 11.5 Å². The van der Waals surface area contributed by atoms with Gasteiger partial charge in [0, 0.05) is 12.3 Å². The second-order valence-electron chi connectivity index (χ2n) is 5.63. The highest BCUT2D eigenvalue weighted by atomic mass is 32.2. The lowest BCUT2D eigenvalue weighted by atomic mass is 9.88. The molecule has 1 unspecified atom stereocenters. The van der Waals surface area contributed by atoms with Gasteiger partial charge in [-0.1, -0.05) is 31.2 Å². The molecule has 2 rings (SSSR count). The molecule has 1 aliphatic rings. The van der Waals surface area contributed by atoms with Gasteiger partial charge >= 0.3 is 0 Å². The largest absolute Gasteiger partial charge is 0.379 e. The zero-order valence-corrected chi connectivity index (χ0v) is 13.8. The molecule has 22 heavy (non-hydrogen) atoms. The van der Waals surface area contributed by atoms with Gasteiger partial charge in [0.25, 0.3) is 5.91 Å². The molecule has 120 valence electrons. The Bertz CT molecular complexity index is 591. The molecule has 3 N–H and O–H groups in total. The lowest BCUT2D eigenvalue weighted by Crippen LogP contribution is -2.30. The molecule has 0 radical (unpaired) electrons. The van der Waals surface area contributed by atoms with E-state index in [1.165, 1.54) is 17.8 Å². The van der Waals surface area contributed by atoms with Crippen molar-refractivity contribution in [2.75, 3.05) is 12.3 Å². The van der Waals surface area contributed by atoms with Gasteiger partial charge in [0.15, 0.2) is 5.17 Å². The number of benzene rings is 1. The Morgan fingerprint density at radius 2 is 2.32 bits per heavy atom. The van der Waals surface area contributed by atoms with Crippen LogP contribution >= 0.6 is 11.8 Å². The van der Waals surface area contributed by atoms with E-state index in [9.17, 15) is 9.18 Å². The fourth-order valence-corrected chi connectivity index (χ4v) is 3.38. The Balaban J connectivity index is 2.26. The number of carbonyl (C=O) groups is 1. The molecule has 1 amide bonds. The van der Waals surface area contributed by atoms with E-state index in [0.29, 0.717) is 11.7 Å². The van der Waals surface area contributed by atoms with Crippen molar-refractivity contribution in [3.8, 4) is 0 Å². The zero-order valence-electron chi connectivity index (χ0n) is 13.0. The van der Waals surface area contributed by atoms with Crippen LogP contribution in [0.4, 0.5) is 4.39 Å². The monoisotopic (exact) mass is 323 g/mol. The summed E-state index contributed by atoms with van der Waals surface area (Å²) in [5, 5.41) is 3.28. The first kappa shape index (κ1) is 16.8. The SMILES string of the molecule is CCCCNC(=O)c1cc(C2(C)CCSC(N)=N2)ccc1F. The van der Waals surface area contributed by atoms with E-state index in [0.717, 1.165) is 30.6 Å². The van der Waals surface area contributed by atoms with Crippen LogP contribution in [0.15, 0.2) is 23.2 Å². The molecule has 0 fully saturated rings. The van der Waals surface area contributed by atoms with Crippen molar-refractivity contribution in [1.29, 1.82) is 0 Å². The lowest BCUT2D eigenvalue weighted by Gasteiger charge is -2.30. The van der Waals surface area contributed by atoms with Crippen molar-refractivity contribution >= 4 is 22.8 Å². The van der Waals surface area contributed by atoms with Gasteiger partial charge in [0.2, 0.25) is 0 Å². The standard InChI is InChI=1S/C16H22FN3OS/c1-3-4-8-19-14(21)12-10-11(5-6-13(12)17)16(2)7-9-22-15(18)20-16/h5-6,10H,3-4,7-9H2,1-2H3,(H2,18,20)(H,19,21). The second kappa shape index (κ2) is 7.13. The minimum Gasteiger partial charge on any atom is -0.379 e. The molecule has 1 aromatic rings. The van der Waals surface area contributed by atoms with Crippen LogP contribution in [-0.4, -0.2) is 23.4 Å². The van der Waals surface area contributed by atoms with Crippen molar-refractivity contribution in [2.24, 2.45) is 10.7 Å². The molecular formula is C16H22FN3OS. The molecule has 0 aliphatic carbocycles. The van der Waals surface area contributed by atoms with Gasteiger partial charge in [-0.2, -0.15) is 0 Å². The summed E-state index contributed by atoms with van der Waals surface area (Å²) in [5.74, 6) is -0.0247. The van der Waals surface area contributed by atoms with Gasteiger partial charge in [-0.25, -0.2) is 4.39 Å². The highest BCUT2D eigenvalue weighted by Crippen LogP contribution is 2.35. The number of hydrogen-bond acceptors (Lipinski definition) is 4. The van der Waals surface area contributed by atoms with E-state index < -0.39 is 11.4 Å². The summed E-state index contributed by atoms with van der Waals surface area (Å²) in [6.45, 7) is 4.56. The fraction of sp³-hybridized carbons (Fsp3) is 0.500. The summed E-state index contributed by atoms with van der Waals surface area (Å²) in [5.41, 5.74) is 6.21. The fourth-order valence-electron chi connectivity index (χ4n) is 2.40. The maximum Gasteiger partial charge on any atom is 0.254 e. The van der Waals surface area contributed by atoms with Gasteiger partial charge in [-0.05, 0) is 37.5 Å². The minimum absolute atomic E-state index is 0.0711. The van der Waals surface area contributed by atoms with E-state index in [4.69, 9.17) is 5.73 Å². The van der Waals surface area contributed by atoms with Crippen molar-refractivity contribution < 1.29 is 9.18 Å². The Morgan fingerprint density at radius 3 is 3.00 bits per heavy atom. The van der Waals surface area contributed by atoms with Crippen molar-refractivity contribution in [1.82, 2.24) is 5.32 Å². The summed E-state index contributed by atoms with van der Waals surface area (Å²) in [6, 6.07) is 4.62. The highest BCUT2D eigenvalue weighted by Gasteiger charge is 2.30. The number of nitrogens with zero attached hydrogens (tertiary/aromatic N) is 1. The minimum atomic E-state index is -0.511. The van der Waals surface area contributed by atoms with Gasteiger partial charge in [-0.3, -0.25) is 9.79 Å². The van der Waals surface area contributed by atoms with E-state index in [1.807, 2.05) is 13.8 Å². The van der Waals surface area contributed by atoms with E-state index in [2.05, 4.69) is 10.3 Å². The van der Waals surface area contributed by atoms with Crippen LogP contribution < -0.4 is 11.1 Å². The predicted molar refractivity (Wildman–Crippen MR) is 89.7 cm³/mol. The van der Waals surface area contributed by atoms with Crippen LogP contribution in [0.5, 0.6) is 0 Å². The smallest absolute Gasteiger partial charge is 0.254 e. The van der Waals surface area contributed by atoms with Crippen LogP contribution in [0, 0.1) is 5.82 Å². The van der Waals surface area contributed by atoms with Gasteiger partial charge < -0.3 is 11.1 Å². The van der Waals surface area contributed by atoms with Crippen LogP contribution in [0.1, 0.15) is 49.0 Å². The Hall–Kier alpha value is -1.56. The average Bonchev–Trinajstić information content (AvgIpc) is 2.47. The number of hydrogen-bond donors (Lipinski definition) is 2. The molecule has 4 nitrogen and oxygen atoms in total. The van der Waals surface area contributed by atoms with Crippen molar-refractivity contribution in [3.05, 3.63) is 35.1 Å². The summed E-state index contributed by atoms with van der Waals surface area (Å²) in [4.78, 5) is 16.6. The number of unbranched alkanes of at least 4 members (excludes halogenated alkanes) is 1. The van der Waals surface area contributed by atoms with E-state index in [1.54, 1.807) is 12.1 Å². The molecular weight excluding hydrogens is 301 g/mol. The number of nitrogens with two attached hydrogens (primary N) is 1. The third kappa shape index (κ3) is 3.80. The topological polar surface area (TPSA) is 67.5 Å². The van der Waals surface area contributed by atoms with E-state index >= 15 is 0 Å². The molecule has 1 heterocycles. The van der Waals surface area contributed by atoms with Gasteiger partial charge in [-0.15, -0.1) is 0 Å². The number of amides is 1. The average molecular weight is 323 g/mol. The lowest BCUT2D eigenvalue weighted by molar-refractivity contribution is 0.0949. The summed E-state index contributed by atoms with van der Waals surface area (Å²) in [6.07, 6.45) is 2.66. The molecule has 6 heteroatoms. The number of rotatable bonds is 5. The van der Waals surface area contributed by atoms with Gasteiger partial charge in [0.1, 0.15) is 5.82 Å². The molecule has 0 spiro atoms. The number of amidine groups is 1. The van der Waals surface area contributed by atoms with Crippen LogP contribution in [0.25, 0.3) is 0 Å². The Labute approximate surface area is 134 Å². The number of aliphatic imine (C=N–C) groups is 1. The summed E-state index contributed by atoms with van der Waals surface area (Å²) < 4.78 is 14.0. The first-order chi connectivity index (χ1) is 10.5. The first-order valence-corrected chi connectivity index (χ1v) is 8.51.